The van der Waals surface area contributed by atoms with Gasteiger partial charge in [0.1, 0.15) is 6.10 Å². The first kappa shape index (κ1) is 35.0. The molecule has 0 saturated heterocycles. The summed E-state index contributed by atoms with van der Waals surface area (Å²) in [6, 6.07) is 0. The van der Waals surface area contributed by atoms with Crippen LogP contribution in [-0.2, 0) is 13.8 Å². The van der Waals surface area contributed by atoms with E-state index in [1.165, 1.54) is 51.4 Å². The van der Waals surface area contributed by atoms with Crippen LogP contribution in [-0.4, -0.2) is 41.5 Å². The van der Waals surface area contributed by atoms with Crippen LogP contribution in [0.2, 0.25) is 0 Å². The first-order valence-electron chi connectivity index (χ1n) is 17.6. The molecule has 7 nitrogen and oxygen atoms in total. The minimum atomic E-state index is -2.99. The molecule has 3 N–H and O–H groups in total. The molecule has 10 atom stereocenters. The monoisotopic (exact) mass is 623 g/mol. The Bertz CT molecular complexity index is 972. The molecule has 3 saturated carbocycles. The van der Waals surface area contributed by atoms with Gasteiger partial charge in [0.15, 0.2) is 0 Å². The number of amides is 1. The van der Waals surface area contributed by atoms with Crippen molar-refractivity contribution in [1.29, 1.82) is 0 Å². The van der Waals surface area contributed by atoms with E-state index in [4.69, 9.17) is 9.63 Å². The molecule has 0 aromatic rings. The van der Waals surface area contributed by atoms with Crippen molar-refractivity contribution < 1.29 is 28.6 Å². The molecule has 0 heterocycles. The van der Waals surface area contributed by atoms with Gasteiger partial charge in [0.2, 0.25) is 0 Å². The largest absolute Gasteiger partial charge is 0.446 e. The zero-order valence-corrected chi connectivity index (χ0v) is 28.7. The molecule has 0 aliphatic heterocycles. The van der Waals surface area contributed by atoms with Gasteiger partial charge in [-0.25, -0.2) is 4.79 Å². The molecule has 0 radical (unpaired) electrons. The number of allylic oxidation sites excluding steroid dienone is 1. The second kappa shape index (κ2) is 15.6. The fourth-order valence-corrected chi connectivity index (χ4v) is 10.4. The summed E-state index contributed by atoms with van der Waals surface area (Å²) in [4.78, 5) is 21.2. The van der Waals surface area contributed by atoms with Crippen molar-refractivity contribution in [1.82, 2.24) is 5.32 Å². The summed E-state index contributed by atoms with van der Waals surface area (Å²) in [5.74, 6) is 4.99. The molecule has 43 heavy (non-hydrogen) atoms. The van der Waals surface area contributed by atoms with Gasteiger partial charge in [-0.1, -0.05) is 78.4 Å². The fourth-order valence-electron chi connectivity index (χ4n) is 10.1. The molecule has 8 heteroatoms. The summed E-state index contributed by atoms with van der Waals surface area (Å²) in [7, 11) is -2.99. The van der Waals surface area contributed by atoms with Gasteiger partial charge in [0.05, 0.1) is 12.7 Å². The number of fused-ring (bicyclic) bond motifs is 5. The lowest BCUT2D eigenvalue weighted by Crippen LogP contribution is -2.51. The van der Waals surface area contributed by atoms with Crippen molar-refractivity contribution in [2.45, 2.75) is 143 Å². The van der Waals surface area contributed by atoms with E-state index in [2.05, 4.69) is 50.5 Å². The number of alkyl carbamates (subject to hydrolysis) is 1. The van der Waals surface area contributed by atoms with E-state index >= 15 is 0 Å². The van der Waals surface area contributed by atoms with Gasteiger partial charge < -0.3 is 24.6 Å². The second-order valence-electron chi connectivity index (χ2n) is 15.6. The van der Waals surface area contributed by atoms with Crippen molar-refractivity contribution >= 4 is 14.3 Å². The van der Waals surface area contributed by atoms with Crippen LogP contribution in [0.5, 0.6) is 0 Å². The van der Waals surface area contributed by atoms with Crippen molar-refractivity contribution in [3.63, 3.8) is 0 Å². The average molecular weight is 624 g/mol. The Morgan fingerprint density at radius 2 is 1.81 bits per heavy atom. The third-order valence-corrected chi connectivity index (χ3v) is 12.8. The predicted octanol–water partition coefficient (Wildman–Crippen LogP) is 8.44. The van der Waals surface area contributed by atoms with Crippen molar-refractivity contribution in [2.24, 2.45) is 46.3 Å². The molecule has 3 fully saturated rings. The number of aliphatic hydroxyl groups is 1. The molecule has 4 aliphatic carbocycles. The molecule has 0 bridgehead atoms. The summed E-state index contributed by atoms with van der Waals surface area (Å²) < 4.78 is 21.0. The number of carbonyl (C=O) groups excluding carboxylic acids is 1. The van der Waals surface area contributed by atoms with Crippen molar-refractivity contribution in [3.8, 4) is 0 Å². The molecular weight excluding hydrogens is 561 g/mol. The molecule has 0 spiro atoms. The lowest BCUT2D eigenvalue weighted by molar-refractivity contribution is -0.0581. The SMILES string of the molecule is CC(C)CCC[C@@H](C)[C@H]1CC[C@H]2[C@@H]3CC=C4C[C@@H](OC(=O)NCCCCCC(O)CO[PH](=O)O)CC[C@]4(C)[C@H]3CC[C@]12C. The van der Waals surface area contributed by atoms with Crippen LogP contribution in [0.3, 0.4) is 0 Å². The van der Waals surface area contributed by atoms with Crippen LogP contribution in [0, 0.1) is 46.3 Å². The molecule has 2 unspecified atom stereocenters. The van der Waals surface area contributed by atoms with Crippen LogP contribution in [0.25, 0.3) is 0 Å². The number of aliphatic hydroxyl groups excluding tert-OH is 1. The van der Waals surface area contributed by atoms with E-state index < -0.39 is 14.4 Å². The highest BCUT2D eigenvalue weighted by Crippen LogP contribution is 2.67. The van der Waals surface area contributed by atoms with Crippen molar-refractivity contribution in [2.75, 3.05) is 13.2 Å². The van der Waals surface area contributed by atoms with Crippen LogP contribution in [0.4, 0.5) is 4.79 Å². The maximum absolute atomic E-state index is 12.6. The minimum Gasteiger partial charge on any atom is -0.446 e. The van der Waals surface area contributed by atoms with Crippen LogP contribution < -0.4 is 5.32 Å². The third-order valence-electron chi connectivity index (χ3n) is 12.4. The normalized spacial score (nSPS) is 35.7. The van der Waals surface area contributed by atoms with Crippen LogP contribution in [0.1, 0.15) is 131 Å². The molecule has 4 aliphatic rings. The van der Waals surface area contributed by atoms with Gasteiger partial charge in [0, 0.05) is 13.0 Å². The Morgan fingerprint density at radius 3 is 2.56 bits per heavy atom. The van der Waals surface area contributed by atoms with Gasteiger partial charge >= 0.3 is 14.3 Å². The zero-order chi connectivity index (χ0) is 31.2. The van der Waals surface area contributed by atoms with Gasteiger partial charge in [-0.05, 0) is 104 Å². The predicted molar refractivity (Wildman–Crippen MR) is 173 cm³/mol. The first-order valence-corrected chi connectivity index (χ1v) is 18.9. The number of hydrogen-bond acceptors (Lipinski definition) is 5. The van der Waals surface area contributed by atoms with E-state index in [1.807, 2.05) is 0 Å². The summed E-state index contributed by atoms with van der Waals surface area (Å²) in [5.41, 5.74) is 2.31. The summed E-state index contributed by atoms with van der Waals surface area (Å²) in [6.45, 7) is 12.9. The lowest BCUT2D eigenvalue weighted by atomic mass is 9.47. The quantitative estimate of drug-likeness (QED) is 0.0961. The van der Waals surface area contributed by atoms with Gasteiger partial charge in [-0.2, -0.15) is 0 Å². The number of rotatable bonds is 15. The Morgan fingerprint density at radius 1 is 1.02 bits per heavy atom. The van der Waals surface area contributed by atoms with Crippen LogP contribution in [0.15, 0.2) is 11.6 Å². The number of nitrogens with one attached hydrogen (secondary N) is 1. The Hall–Kier alpha value is -0.880. The van der Waals surface area contributed by atoms with Gasteiger partial charge in [0.25, 0.3) is 0 Å². The summed E-state index contributed by atoms with van der Waals surface area (Å²) in [6.07, 6.45) is 18.3. The molecular formula is C35H62NO6P. The number of unbranched alkanes of at least 4 members (excludes halogenated alkanes) is 2. The maximum atomic E-state index is 12.6. The molecule has 1 amide bonds. The molecule has 248 valence electrons. The van der Waals surface area contributed by atoms with Crippen LogP contribution >= 0.6 is 8.25 Å². The van der Waals surface area contributed by atoms with E-state index in [9.17, 15) is 14.5 Å². The van der Waals surface area contributed by atoms with E-state index in [1.54, 1.807) is 5.57 Å². The zero-order valence-electron chi connectivity index (χ0n) is 27.7. The summed E-state index contributed by atoms with van der Waals surface area (Å²) in [5, 5.41) is 12.7. The summed E-state index contributed by atoms with van der Waals surface area (Å²) >= 11 is 0. The van der Waals surface area contributed by atoms with Crippen molar-refractivity contribution in [3.05, 3.63) is 11.6 Å². The highest BCUT2D eigenvalue weighted by Gasteiger charge is 2.59. The Kier molecular flexibility index (Phi) is 12.7. The minimum absolute atomic E-state index is 0.0404. The van der Waals surface area contributed by atoms with E-state index in [0.29, 0.717) is 18.4 Å². The Balaban J connectivity index is 1.22. The number of ether oxygens (including phenoxy) is 1. The average Bonchev–Trinajstić information content (AvgIpc) is 3.31. The molecule has 4 rings (SSSR count). The maximum Gasteiger partial charge on any atom is 0.407 e. The number of carbonyl (C=O) groups is 1. The lowest BCUT2D eigenvalue weighted by Gasteiger charge is -2.58. The second-order valence-corrected chi connectivity index (χ2v) is 16.4. The third kappa shape index (κ3) is 8.69. The van der Waals surface area contributed by atoms with Gasteiger partial charge in [-0.15, -0.1) is 0 Å². The molecule has 0 aromatic heterocycles. The van der Waals surface area contributed by atoms with E-state index in [-0.39, 0.29) is 24.2 Å². The Labute approximate surface area is 262 Å². The fraction of sp³-hybridized carbons (Fsp3) is 0.914. The highest BCUT2D eigenvalue weighted by molar-refractivity contribution is 7.32. The standard InChI is InChI=1S/C35H62NO6P/c1-24(2)10-9-11-25(3)30-15-16-31-29-14-13-26-22-28(17-19-34(26,4)32(29)18-20-35(30,31)5)42-33(38)36-21-8-6-7-12-27(37)23-41-43(39)40/h13,24-25,27-32,37,43H,6-12,14-23H2,1-5H3,(H,36,38)(H,39,40)/t25-,27?,28+,29+,30-,31+,32+,34+,35-/m1/s1. The molecule has 0 aromatic carbocycles. The van der Waals surface area contributed by atoms with Gasteiger partial charge in [-0.3, -0.25) is 4.57 Å². The smallest absolute Gasteiger partial charge is 0.407 e. The van der Waals surface area contributed by atoms with E-state index in [0.717, 1.165) is 74.0 Å². The number of hydrogen-bond donors (Lipinski definition) is 3. The highest BCUT2D eigenvalue weighted by atomic mass is 31.1. The first-order chi connectivity index (χ1) is 20.4. The topological polar surface area (TPSA) is 105 Å².